The molecule has 1 unspecified atom stereocenters. The summed E-state index contributed by atoms with van der Waals surface area (Å²) >= 11 is 1.69. The normalized spacial score (nSPS) is 15.6. The average molecular weight is 231 g/mol. The number of hydrogen-bond acceptors (Lipinski definition) is 3. The summed E-state index contributed by atoms with van der Waals surface area (Å²) < 4.78 is 5.67. The van der Waals surface area contributed by atoms with Crippen LogP contribution < -0.4 is 10.5 Å². The van der Waals surface area contributed by atoms with Gasteiger partial charge in [0.05, 0.1) is 12.6 Å². The number of rotatable bonds is 2. The predicted molar refractivity (Wildman–Crippen MR) is 66.0 cm³/mol. The number of fused-ring (bicyclic) bond motifs is 1. The van der Waals surface area contributed by atoms with Gasteiger partial charge in [0, 0.05) is 16.9 Å². The van der Waals surface area contributed by atoms with Crippen LogP contribution in [0.2, 0.25) is 0 Å². The summed E-state index contributed by atoms with van der Waals surface area (Å²) in [5, 5.41) is 2.05. The third kappa shape index (κ3) is 1.52. The third-order valence-corrected chi connectivity index (χ3v) is 3.89. The molecule has 1 aromatic heterocycles. The maximum absolute atomic E-state index is 6.26. The number of hydrogen-bond donors (Lipinski definition) is 1. The lowest BCUT2D eigenvalue weighted by Crippen LogP contribution is -2.11. The van der Waals surface area contributed by atoms with Gasteiger partial charge in [-0.3, -0.25) is 0 Å². The lowest BCUT2D eigenvalue weighted by atomic mass is 10.0. The van der Waals surface area contributed by atoms with Crippen molar-refractivity contribution >= 4 is 11.3 Å². The highest BCUT2D eigenvalue weighted by molar-refractivity contribution is 7.10. The number of nitrogens with two attached hydrogens (primary N) is 1. The van der Waals surface area contributed by atoms with E-state index in [9.17, 15) is 0 Å². The molecule has 0 saturated heterocycles. The van der Waals surface area contributed by atoms with Crippen LogP contribution >= 0.6 is 11.3 Å². The molecular formula is C13H13NOS. The second-order valence-electron chi connectivity index (χ2n) is 3.93. The Balaban J connectivity index is 2.04. The Labute approximate surface area is 98.7 Å². The average Bonchev–Trinajstić information content (AvgIpc) is 2.98. The van der Waals surface area contributed by atoms with Gasteiger partial charge in [-0.1, -0.05) is 24.3 Å². The molecule has 2 heterocycles. The lowest BCUT2D eigenvalue weighted by molar-refractivity contribution is 0.352. The van der Waals surface area contributed by atoms with Crippen LogP contribution in [0.4, 0.5) is 0 Å². The first-order valence-corrected chi connectivity index (χ1v) is 6.28. The molecule has 82 valence electrons. The minimum Gasteiger partial charge on any atom is -0.493 e. The number of ether oxygens (including phenoxy) is 1. The summed E-state index contributed by atoms with van der Waals surface area (Å²) in [4.78, 5) is 1.18. The fraction of sp³-hybridized carbons (Fsp3) is 0.231. The van der Waals surface area contributed by atoms with Gasteiger partial charge in [-0.2, -0.15) is 0 Å². The molecule has 0 bridgehead atoms. The number of thiophene rings is 1. The standard InChI is InChI=1S/C13H13NOS/c14-12(11-5-2-8-16-11)10-4-1-3-9-6-7-15-13(9)10/h1-5,8,12H,6-7,14H2. The van der Waals surface area contributed by atoms with Crippen molar-refractivity contribution in [3.8, 4) is 5.75 Å². The zero-order valence-corrected chi connectivity index (χ0v) is 9.67. The van der Waals surface area contributed by atoms with Crippen molar-refractivity contribution in [3.05, 3.63) is 51.7 Å². The van der Waals surface area contributed by atoms with E-state index in [0.29, 0.717) is 0 Å². The molecule has 0 aliphatic carbocycles. The molecule has 1 atom stereocenters. The summed E-state index contributed by atoms with van der Waals surface area (Å²) in [6.07, 6.45) is 1.00. The fourth-order valence-electron chi connectivity index (χ4n) is 2.11. The van der Waals surface area contributed by atoms with Gasteiger partial charge in [-0.05, 0) is 17.0 Å². The predicted octanol–water partition coefficient (Wildman–Crippen LogP) is 2.73. The van der Waals surface area contributed by atoms with Crippen molar-refractivity contribution in [2.75, 3.05) is 6.61 Å². The zero-order chi connectivity index (χ0) is 11.0. The van der Waals surface area contributed by atoms with Gasteiger partial charge in [0.15, 0.2) is 0 Å². The molecule has 0 radical (unpaired) electrons. The van der Waals surface area contributed by atoms with Crippen LogP contribution in [-0.4, -0.2) is 6.61 Å². The highest BCUT2D eigenvalue weighted by Gasteiger charge is 2.21. The molecule has 2 N–H and O–H groups in total. The molecule has 0 amide bonds. The Kier molecular flexibility index (Phi) is 2.42. The van der Waals surface area contributed by atoms with Crippen molar-refractivity contribution in [3.63, 3.8) is 0 Å². The second-order valence-corrected chi connectivity index (χ2v) is 4.91. The maximum atomic E-state index is 6.26. The van der Waals surface area contributed by atoms with Gasteiger partial charge in [-0.25, -0.2) is 0 Å². The Hall–Kier alpha value is -1.32. The quantitative estimate of drug-likeness (QED) is 0.862. The van der Waals surface area contributed by atoms with E-state index >= 15 is 0 Å². The largest absolute Gasteiger partial charge is 0.493 e. The van der Waals surface area contributed by atoms with Crippen molar-refractivity contribution in [2.24, 2.45) is 5.73 Å². The lowest BCUT2D eigenvalue weighted by Gasteiger charge is -2.13. The molecule has 0 spiro atoms. The first kappa shape index (κ1) is 9.87. The highest BCUT2D eigenvalue weighted by atomic mass is 32.1. The Morgan fingerprint density at radius 2 is 2.19 bits per heavy atom. The van der Waals surface area contributed by atoms with E-state index < -0.39 is 0 Å². The first-order chi connectivity index (χ1) is 7.86. The minimum atomic E-state index is -0.0620. The number of benzene rings is 1. The van der Waals surface area contributed by atoms with Crippen molar-refractivity contribution in [1.29, 1.82) is 0 Å². The first-order valence-electron chi connectivity index (χ1n) is 5.40. The topological polar surface area (TPSA) is 35.2 Å². The smallest absolute Gasteiger partial charge is 0.127 e. The molecular weight excluding hydrogens is 218 g/mol. The van der Waals surface area contributed by atoms with Gasteiger partial charge < -0.3 is 10.5 Å². The van der Waals surface area contributed by atoms with Crippen LogP contribution in [0.15, 0.2) is 35.7 Å². The summed E-state index contributed by atoms with van der Waals surface area (Å²) in [5.74, 6) is 1.00. The summed E-state index contributed by atoms with van der Waals surface area (Å²) in [6, 6.07) is 10.3. The molecule has 1 aromatic carbocycles. The van der Waals surface area contributed by atoms with Crippen LogP contribution in [0, 0.1) is 0 Å². The fourth-order valence-corrected chi connectivity index (χ4v) is 2.85. The zero-order valence-electron chi connectivity index (χ0n) is 8.85. The molecule has 1 aliphatic heterocycles. The van der Waals surface area contributed by atoms with Gasteiger partial charge in [0.1, 0.15) is 5.75 Å². The maximum Gasteiger partial charge on any atom is 0.127 e. The summed E-state index contributed by atoms with van der Waals surface area (Å²) in [7, 11) is 0. The van der Waals surface area contributed by atoms with Crippen LogP contribution in [0.1, 0.15) is 22.0 Å². The summed E-state index contributed by atoms with van der Waals surface area (Å²) in [5.41, 5.74) is 8.65. The van der Waals surface area contributed by atoms with Gasteiger partial charge in [0.2, 0.25) is 0 Å². The van der Waals surface area contributed by atoms with Gasteiger partial charge in [0.25, 0.3) is 0 Å². The van der Waals surface area contributed by atoms with E-state index in [4.69, 9.17) is 10.5 Å². The van der Waals surface area contributed by atoms with E-state index in [1.807, 2.05) is 6.07 Å². The molecule has 0 fully saturated rings. The van der Waals surface area contributed by atoms with Crippen LogP contribution in [-0.2, 0) is 6.42 Å². The monoisotopic (exact) mass is 231 g/mol. The van der Waals surface area contributed by atoms with Crippen molar-refractivity contribution < 1.29 is 4.74 Å². The molecule has 16 heavy (non-hydrogen) atoms. The van der Waals surface area contributed by atoms with Crippen molar-refractivity contribution in [2.45, 2.75) is 12.5 Å². The van der Waals surface area contributed by atoms with Crippen LogP contribution in [0.3, 0.4) is 0 Å². The van der Waals surface area contributed by atoms with Gasteiger partial charge in [-0.15, -0.1) is 11.3 Å². The van der Waals surface area contributed by atoms with Gasteiger partial charge >= 0.3 is 0 Å². The minimum absolute atomic E-state index is 0.0620. The Morgan fingerprint density at radius 3 is 3.00 bits per heavy atom. The molecule has 0 saturated carbocycles. The van der Waals surface area contributed by atoms with Crippen molar-refractivity contribution in [1.82, 2.24) is 0 Å². The van der Waals surface area contributed by atoms with E-state index in [1.54, 1.807) is 11.3 Å². The molecule has 1 aliphatic rings. The SMILES string of the molecule is NC(c1cccs1)c1cccc2c1OCC2. The van der Waals surface area contributed by atoms with E-state index in [0.717, 1.165) is 24.3 Å². The highest BCUT2D eigenvalue weighted by Crippen LogP contribution is 2.35. The summed E-state index contributed by atoms with van der Waals surface area (Å²) in [6.45, 7) is 0.781. The molecule has 3 rings (SSSR count). The Morgan fingerprint density at radius 1 is 1.25 bits per heavy atom. The van der Waals surface area contributed by atoms with E-state index in [2.05, 4.69) is 29.6 Å². The second kappa shape index (κ2) is 3.92. The van der Waals surface area contributed by atoms with Crippen LogP contribution in [0.25, 0.3) is 0 Å². The molecule has 2 nitrogen and oxygen atoms in total. The van der Waals surface area contributed by atoms with E-state index in [1.165, 1.54) is 10.4 Å². The Bertz CT molecular complexity index is 493. The van der Waals surface area contributed by atoms with Crippen LogP contribution in [0.5, 0.6) is 5.75 Å². The van der Waals surface area contributed by atoms with E-state index in [-0.39, 0.29) is 6.04 Å². The number of para-hydroxylation sites is 1. The third-order valence-electron chi connectivity index (χ3n) is 2.93. The molecule has 2 aromatic rings. The molecule has 3 heteroatoms.